The first-order valence-electron chi connectivity index (χ1n) is 6.99. The van der Waals surface area contributed by atoms with Crippen molar-refractivity contribution in [2.45, 2.75) is 6.42 Å². The molecule has 0 saturated carbocycles. The van der Waals surface area contributed by atoms with Gasteiger partial charge in [-0.15, -0.1) is 0 Å². The molecule has 0 aliphatic carbocycles. The van der Waals surface area contributed by atoms with Gasteiger partial charge in [-0.2, -0.15) is 0 Å². The molecule has 0 spiro atoms. The van der Waals surface area contributed by atoms with Crippen LogP contribution in [0.4, 0.5) is 15.8 Å². The summed E-state index contributed by atoms with van der Waals surface area (Å²) < 4.78 is 17.8. The third kappa shape index (κ3) is 5.54. The molecule has 0 aliphatic heterocycles. The number of hydrogen-bond donors (Lipinski definition) is 1. The molecule has 0 fully saturated rings. The minimum atomic E-state index is -0.706. The molecule has 9 heteroatoms. The van der Waals surface area contributed by atoms with Gasteiger partial charge >= 0.3 is 5.97 Å². The maximum absolute atomic E-state index is 13.0. The van der Waals surface area contributed by atoms with Crippen LogP contribution in [-0.4, -0.2) is 23.4 Å². The molecular formula is C16H12ClFN2O5. The fourth-order valence-corrected chi connectivity index (χ4v) is 2.12. The molecular weight excluding hydrogens is 355 g/mol. The second-order valence-corrected chi connectivity index (χ2v) is 5.35. The van der Waals surface area contributed by atoms with Gasteiger partial charge < -0.3 is 10.1 Å². The zero-order valence-electron chi connectivity index (χ0n) is 12.7. The number of anilines is 1. The normalized spacial score (nSPS) is 10.2. The Balaban J connectivity index is 1.87. The van der Waals surface area contributed by atoms with E-state index in [0.29, 0.717) is 5.56 Å². The minimum absolute atomic E-state index is 0.0653. The number of amides is 1. The number of nitrogens with one attached hydrogen (secondary N) is 1. The second-order valence-electron chi connectivity index (χ2n) is 4.94. The van der Waals surface area contributed by atoms with Gasteiger partial charge in [0, 0.05) is 11.8 Å². The lowest BCUT2D eigenvalue weighted by Gasteiger charge is -2.07. The van der Waals surface area contributed by atoms with Crippen molar-refractivity contribution < 1.29 is 23.6 Å². The average Bonchev–Trinajstić information content (AvgIpc) is 2.54. The highest BCUT2D eigenvalue weighted by atomic mass is 35.5. The summed E-state index contributed by atoms with van der Waals surface area (Å²) in [5, 5.41) is 13.1. The van der Waals surface area contributed by atoms with Crippen LogP contribution in [0.1, 0.15) is 5.56 Å². The van der Waals surface area contributed by atoms with Crippen molar-refractivity contribution in [1.82, 2.24) is 0 Å². The number of ether oxygens (including phenoxy) is 1. The van der Waals surface area contributed by atoms with E-state index in [0.717, 1.165) is 6.07 Å². The Morgan fingerprint density at radius 1 is 1.24 bits per heavy atom. The first-order valence-corrected chi connectivity index (χ1v) is 7.37. The van der Waals surface area contributed by atoms with Gasteiger partial charge in [-0.1, -0.05) is 23.7 Å². The third-order valence-electron chi connectivity index (χ3n) is 3.03. The first-order chi connectivity index (χ1) is 11.8. The molecule has 0 bridgehead atoms. The standard InChI is InChI=1S/C16H12ClFN2O5/c17-13-5-4-12(8-14(13)20(23)24)19-15(21)9-25-16(22)7-10-2-1-3-11(18)6-10/h1-6,8H,7,9H2,(H,19,21). The molecule has 0 atom stereocenters. The predicted molar refractivity (Wildman–Crippen MR) is 87.8 cm³/mol. The summed E-state index contributed by atoms with van der Waals surface area (Å²) in [6.07, 6.45) is -0.183. The number of nitrogens with zero attached hydrogens (tertiary/aromatic N) is 1. The lowest BCUT2D eigenvalue weighted by atomic mass is 10.1. The molecule has 1 N–H and O–H groups in total. The Morgan fingerprint density at radius 2 is 2.00 bits per heavy atom. The molecule has 25 heavy (non-hydrogen) atoms. The van der Waals surface area contributed by atoms with E-state index >= 15 is 0 Å². The van der Waals surface area contributed by atoms with Crippen molar-refractivity contribution >= 4 is 34.9 Å². The Hall–Kier alpha value is -3.00. The number of nitro groups is 1. The van der Waals surface area contributed by atoms with Crippen LogP contribution in [0.2, 0.25) is 5.02 Å². The van der Waals surface area contributed by atoms with Crippen LogP contribution in [-0.2, 0) is 20.7 Å². The van der Waals surface area contributed by atoms with Gasteiger partial charge in [0.05, 0.1) is 11.3 Å². The van der Waals surface area contributed by atoms with Gasteiger partial charge in [0.25, 0.3) is 11.6 Å². The quantitative estimate of drug-likeness (QED) is 0.481. The fourth-order valence-electron chi connectivity index (χ4n) is 1.94. The van der Waals surface area contributed by atoms with Crippen LogP contribution < -0.4 is 5.32 Å². The number of halogens is 2. The van der Waals surface area contributed by atoms with E-state index < -0.39 is 29.2 Å². The fraction of sp³-hybridized carbons (Fsp3) is 0.125. The van der Waals surface area contributed by atoms with Gasteiger partial charge in [0.1, 0.15) is 10.8 Å². The van der Waals surface area contributed by atoms with E-state index in [1.165, 1.54) is 30.3 Å². The van der Waals surface area contributed by atoms with Crippen LogP contribution in [0, 0.1) is 15.9 Å². The smallest absolute Gasteiger partial charge is 0.310 e. The Morgan fingerprint density at radius 3 is 2.68 bits per heavy atom. The molecule has 0 aromatic heterocycles. The minimum Gasteiger partial charge on any atom is -0.455 e. The predicted octanol–water partition coefficient (Wildman–Crippen LogP) is 3.11. The summed E-state index contributed by atoms with van der Waals surface area (Å²) in [6, 6.07) is 9.18. The summed E-state index contributed by atoms with van der Waals surface area (Å²) in [5.41, 5.74) is 0.198. The van der Waals surface area contributed by atoms with Crippen molar-refractivity contribution in [2.75, 3.05) is 11.9 Å². The maximum atomic E-state index is 13.0. The van der Waals surface area contributed by atoms with Gasteiger partial charge in [-0.3, -0.25) is 19.7 Å². The summed E-state index contributed by atoms with van der Waals surface area (Å²) in [6.45, 7) is -0.579. The number of carbonyl (C=O) groups is 2. The second kappa shape index (κ2) is 8.20. The highest BCUT2D eigenvalue weighted by Crippen LogP contribution is 2.27. The third-order valence-corrected chi connectivity index (χ3v) is 3.35. The van der Waals surface area contributed by atoms with Gasteiger partial charge in [0.2, 0.25) is 0 Å². The van der Waals surface area contributed by atoms with Crippen molar-refractivity contribution in [1.29, 1.82) is 0 Å². The monoisotopic (exact) mass is 366 g/mol. The highest BCUT2D eigenvalue weighted by molar-refractivity contribution is 6.32. The zero-order chi connectivity index (χ0) is 18.4. The molecule has 0 radical (unpaired) electrons. The molecule has 2 aromatic carbocycles. The summed E-state index contributed by atoms with van der Waals surface area (Å²) in [7, 11) is 0. The largest absolute Gasteiger partial charge is 0.455 e. The maximum Gasteiger partial charge on any atom is 0.310 e. The van der Waals surface area contributed by atoms with E-state index in [1.807, 2.05) is 0 Å². The van der Waals surface area contributed by atoms with Crippen LogP contribution in [0.5, 0.6) is 0 Å². The lowest BCUT2D eigenvalue weighted by Crippen LogP contribution is -2.21. The average molecular weight is 367 g/mol. The summed E-state index contributed by atoms with van der Waals surface area (Å²) >= 11 is 5.67. The van der Waals surface area contributed by atoms with E-state index in [2.05, 4.69) is 5.32 Å². The van der Waals surface area contributed by atoms with Crippen LogP contribution in [0.25, 0.3) is 0 Å². The highest BCUT2D eigenvalue weighted by Gasteiger charge is 2.15. The number of carbonyl (C=O) groups excluding carboxylic acids is 2. The Bertz CT molecular complexity index is 828. The van der Waals surface area contributed by atoms with Crippen molar-refractivity contribution in [3.8, 4) is 0 Å². The molecule has 0 heterocycles. The molecule has 0 aliphatic rings. The molecule has 130 valence electrons. The molecule has 0 unspecified atom stereocenters. The first kappa shape index (κ1) is 18.3. The van der Waals surface area contributed by atoms with Crippen LogP contribution in [0.15, 0.2) is 42.5 Å². The number of esters is 1. The summed E-state index contributed by atoms with van der Waals surface area (Å²) in [4.78, 5) is 33.5. The van der Waals surface area contributed by atoms with E-state index in [1.54, 1.807) is 6.07 Å². The van der Waals surface area contributed by atoms with Crippen LogP contribution >= 0.6 is 11.6 Å². The number of hydrogen-bond acceptors (Lipinski definition) is 5. The summed E-state index contributed by atoms with van der Waals surface area (Å²) in [5.74, 6) is -1.86. The molecule has 2 rings (SSSR count). The van der Waals surface area contributed by atoms with Crippen molar-refractivity contribution in [2.24, 2.45) is 0 Å². The van der Waals surface area contributed by atoms with Gasteiger partial charge in [0.15, 0.2) is 6.61 Å². The number of benzene rings is 2. The van der Waals surface area contributed by atoms with Crippen LogP contribution in [0.3, 0.4) is 0 Å². The Kier molecular flexibility index (Phi) is 6.02. The molecule has 1 amide bonds. The molecule has 2 aromatic rings. The Labute approximate surface area is 146 Å². The van der Waals surface area contributed by atoms with E-state index in [9.17, 15) is 24.1 Å². The van der Waals surface area contributed by atoms with E-state index in [4.69, 9.17) is 16.3 Å². The SMILES string of the molecule is O=C(COC(=O)Cc1cccc(F)c1)Nc1ccc(Cl)c([N+](=O)[O-])c1. The van der Waals surface area contributed by atoms with Crippen molar-refractivity contribution in [3.63, 3.8) is 0 Å². The number of rotatable bonds is 6. The lowest BCUT2D eigenvalue weighted by molar-refractivity contribution is -0.384. The zero-order valence-corrected chi connectivity index (χ0v) is 13.5. The van der Waals surface area contributed by atoms with Gasteiger partial charge in [-0.05, 0) is 29.8 Å². The molecule has 7 nitrogen and oxygen atoms in total. The van der Waals surface area contributed by atoms with Gasteiger partial charge in [-0.25, -0.2) is 4.39 Å². The van der Waals surface area contributed by atoms with Crippen molar-refractivity contribution in [3.05, 3.63) is 69.0 Å². The molecule has 0 saturated heterocycles. The number of nitro benzene ring substituents is 1. The van der Waals surface area contributed by atoms with E-state index in [-0.39, 0.29) is 22.8 Å². The topological polar surface area (TPSA) is 98.5 Å².